The third-order valence-corrected chi connectivity index (χ3v) is 7.42. The van der Waals surface area contributed by atoms with Gasteiger partial charge in [-0.05, 0) is 37.5 Å². The lowest BCUT2D eigenvalue weighted by atomic mass is 10.2. The normalized spacial score (nSPS) is 15.6. The predicted molar refractivity (Wildman–Crippen MR) is 128 cm³/mol. The number of nitrogens with zero attached hydrogens (tertiary/aromatic N) is 3. The van der Waals surface area contributed by atoms with Crippen LogP contribution in [0, 0.1) is 6.92 Å². The van der Waals surface area contributed by atoms with E-state index in [1.165, 1.54) is 4.88 Å². The molecule has 0 unspecified atom stereocenters. The van der Waals surface area contributed by atoms with Crippen molar-refractivity contribution >= 4 is 51.3 Å². The van der Waals surface area contributed by atoms with Crippen LogP contribution in [-0.2, 0) is 23.1 Å². The van der Waals surface area contributed by atoms with Gasteiger partial charge in [0.25, 0.3) is 0 Å². The Hall–Kier alpha value is -1.24. The number of guanidine groups is 1. The summed E-state index contributed by atoms with van der Waals surface area (Å²) in [6.07, 6.45) is 4.82. The van der Waals surface area contributed by atoms with Crippen molar-refractivity contribution in [3.05, 3.63) is 45.9 Å². The Balaban J connectivity index is 0.00000300. The van der Waals surface area contributed by atoms with Crippen LogP contribution in [0.25, 0.3) is 0 Å². The number of hydrogen-bond acceptors (Lipinski definition) is 5. The Labute approximate surface area is 194 Å². The van der Waals surface area contributed by atoms with E-state index in [0.29, 0.717) is 37.0 Å². The third-order valence-electron chi connectivity index (χ3n) is 4.61. The number of sulfonamides is 1. The second-order valence-electron chi connectivity index (χ2n) is 6.76. The molecule has 29 heavy (non-hydrogen) atoms. The van der Waals surface area contributed by atoms with E-state index in [1.807, 2.05) is 19.2 Å². The standard InChI is InChI=1S/C19H27N5O2S2.HI/c1-15-12-21-18(27-15)14-23-19(20-2)22-13-16-7-6-8-17(11-16)28(25,26)24-9-4-3-5-10-24;/h6-8,11-12H,3-5,9-10,13-14H2,1-2H3,(H2,20,22,23);1H. The highest BCUT2D eigenvalue weighted by atomic mass is 127. The van der Waals surface area contributed by atoms with Crippen molar-refractivity contribution in [2.75, 3.05) is 20.1 Å². The average molecular weight is 550 g/mol. The molecular formula is C19H28IN5O2S2. The number of aliphatic imine (C=N–C) groups is 1. The zero-order valence-corrected chi connectivity index (χ0v) is 20.7. The van der Waals surface area contributed by atoms with E-state index in [0.717, 1.165) is 29.8 Å². The van der Waals surface area contributed by atoms with E-state index in [4.69, 9.17) is 0 Å². The van der Waals surface area contributed by atoms with Crippen LogP contribution in [0.2, 0.25) is 0 Å². The number of aryl methyl sites for hydroxylation is 1. The van der Waals surface area contributed by atoms with Crippen molar-refractivity contribution in [3.63, 3.8) is 0 Å². The first-order valence-corrected chi connectivity index (χ1v) is 11.7. The molecule has 2 aromatic rings. The SMILES string of the molecule is CN=C(NCc1cccc(S(=O)(=O)N2CCCCC2)c1)NCc1ncc(C)s1.I. The highest BCUT2D eigenvalue weighted by molar-refractivity contribution is 14.0. The molecule has 1 aliphatic heterocycles. The minimum absolute atomic E-state index is 0. The van der Waals surface area contributed by atoms with Gasteiger partial charge in [0.15, 0.2) is 5.96 Å². The van der Waals surface area contributed by atoms with Crippen LogP contribution in [0.4, 0.5) is 0 Å². The van der Waals surface area contributed by atoms with Crippen molar-refractivity contribution < 1.29 is 8.42 Å². The van der Waals surface area contributed by atoms with E-state index in [1.54, 1.807) is 40.9 Å². The maximum absolute atomic E-state index is 12.9. The lowest BCUT2D eigenvalue weighted by molar-refractivity contribution is 0.346. The topological polar surface area (TPSA) is 86.7 Å². The summed E-state index contributed by atoms with van der Waals surface area (Å²) < 4.78 is 27.3. The Morgan fingerprint density at radius 1 is 1.21 bits per heavy atom. The fourth-order valence-electron chi connectivity index (χ4n) is 3.12. The summed E-state index contributed by atoms with van der Waals surface area (Å²) in [5.74, 6) is 0.650. The van der Waals surface area contributed by atoms with Crippen LogP contribution in [0.1, 0.15) is 34.7 Å². The second-order valence-corrected chi connectivity index (χ2v) is 10.0. The number of piperidine rings is 1. The van der Waals surface area contributed by atoms with E-state index in [-0.39, 0.29) is 24.0 Å². The lowest BCUT2D eigenvalue weighted by Crippen LogP contribution is -2.36. The van der Waals surface area contributed by atoms with Crippen molar-refractivity contribution in [3.8, 4) is 0 Å². The van der Waals surface area contributed by atoms with Gasteiger partial charge >= 0.3 is 0 Å². The largest absolute Gasteiger partial charge is 0.352 e. The third kappa shape index (κ3) is 6.63. The summed E-state index contributed by atoms with van der Waals surface area (Å²) in [7, 11) is -1.71. The fourth-order valence-corrected chi connectivity index (χ4v) is 5.43. The van der Waals surface area contributed by atoms with Crippen LogP contribution in [-0.4, -0.2) is 43.8 Å². The predicted octanol–water partition coefficient (Wildman–Crippen LogP) is 3.11. The number of rotatable bonds is 6. The van der Waals surface area contributed by atoms with Crippen molar-refractivity contribution in [2.45, 2.75) is 44.2 Å². The highest BCUT2D eigenvalue weighted by Gasteiger charge is 2.25. The Morgan fingerprint density at radius 2 is 1.93 bits per heavy atom. The molecule has 0 aliphatic carbocycles. The van der Waals surface area contributed by atoms with Crippen LogP contribution in [0.15, 0.2) is 40.4 Å². The smallest absolute Gasteiger partial charge is 0.243 e. The summed E-state index contributed by atoms with van der Waals surface area (Å²) >= 11 is 1.65. The van der Waals surface area contributed by atoms with Gasteiger partial charge in [0.2, 0.25) is 10.0 Å². The van der Waals surface area contributed by atoms with Gasteiger partial charge in [0.1, 0.15) is 5.01 Å². The van der Waals surface area contributed by atoms with Gasteiger partial charge in [-0.15, -0.1) is 35.3 Å². The minimum Gasteiger partial charge on any atom is -0.352 e. The molecule has 0 saturated carbocycles. The summed E-state index contributed by atoms with van der Waals surface area (Å²) in [5, 5.41) is 7.45. The number of nitrogens with one attached hydrogen (secondary N) is 2. The summed E-state index contributed by atoms with van der Waals surface area (Å²) in [4.78, 5) is 10.1. The Bertz CT molecular complexity index is 924. The number of thiazole rings is 1. The van der Waals surface area contributed by atoms with Crippen LogP contribution in [0.3, 0.4) is 0 Å². The molecule has 1 aliphatic rings. The zero-order valence-electron chi connectivity index (χ0n) is 16.7. The lowest BCUT2D eigenvalue weighted by Gasteiger charge is -2.26. The van der Waals surface area contributed by atoms with E-state index in [9.17, 15) is 8.42 Å². The van der Waals surface area contributed by atoms with E-state index in [2.05, 4.69) is 20.6 Å². The molecular weight excluding hydrogens is 521 g/mol. The van der Waals surface area contributed by atoms with Crippen LogP contribution < -0.4 is 10.6 Å². The van der Waals surface area contributed by atoms with Gasteiger partial charge in [0, 0.05) is 37.8 Å². The second kappa shape index (κ2) is 11.2. The number of hydrogen-bond donors (Lipinski definition) is 2. The summed E-state index contributed by atoms with van der Waals surface area (Å²) in [6.45, 7) is 4.33. The first kappa shape index (κ1) is 24.0. The van der Waals surface area contributed by atoms with E-state index >= 15 is 0 Å². The van der Waals surface area contributed by atoms with Crippen molar-refractivity contribution in [1.82, 2.24) is 19.9 Å². The monoisotopic (exact) mass is 549 g/mol. The van der Waals surface area contributed by atoms with Gasteiger partial charge in [0.05, 0.1) is 11.4 Å². The molecule has 0 bridgehead atoms. The fraction of sp³-hybridized carbons (Fsp3) is 0.474. The van der Waals surface area contributed by atoms with Crippen molar-refractivity contribution in [1.29, 1.82) is 0 Å². The molecule has 0 atom stereocenters. The Morgan fingerprint density at radius 3 is 2.59 bits per heavy atom. The molecule has 0 spiro atoms. The first-order chi connectivity index (χ1) is 13.5. The molecule has 2 heterocycles. The zero-order chi connectivity index (χ0) is 20.0. The van der Waals surface area contributed by atoms with Gasteiger partial charge in [-0.3, -0.25) is 4.99 Å². The number of benzene rings is 1. The van der Waals surface area contributed by atoms with Crippen molar-refractivity contribution in [2.24, 2.45) is 4.99 Å². The van der Waals surface area contributed by atoms with Crippen LogP contribution >= 0.6 is 35.3 Å². The molecule has 1 saturated heterocycles. The number of aromatic nitrogens is 1. The van der Waals surface area contributed by atoms with Gasteiger partial charge in [-0.2, -0.15) is 4.31 Å². The maximum Gasteiger partial charge on any atom is 0.243 e. The first-order valence-electron chi connectivity index (χ1n) is 9.44. The molecule has 0 amide bonds. The molecule has 160 valence electrons. The summed E-state index contributed by atoms with van der Waals surface area (Å²) in [6, 6.07) is 7.13. The van der Waals surface area contributed by atoms with Gasteiger partial charge in [-0.25, -0.2) is 13.4 Å². The molecule has 10 heteroatoms. The maximum atomic E-state index is 12.9. The quantitative estimate of drug-likeness (QED) is 0.329. The molecule has 1 aromatic carbocycles. The summed E-state index contributed by atoms with van der Waals surface area (Å²) in [5.41, 5.74) is 0.895. The molecule has 2 N–H and O–H groups in total. The molecule has 7 nitrogen and oxygen atoms in total. The molecule has 3 rings (SSSR count). The average Bonchev–Trinajstić information content (AvgIpc) is 3.14. The molecule has 1 fully saturated rings. The molecule has 1 aromatic heterocycles. The van der Waals surface area contributed by atoms with Crippen LogP contribution in [0.5, 0.6) is 0 Å². The molecule has 0 radical (unpaired) electrons. The van der Waals surface area contributed by atoms with E-state index < -0.39 is 10.0 Å². The number of halogens is 1. The van der Waals surface area contributed by atoms with Gasteiger partial charge < -0.3 is 10.6 Å². The highest BCUT2D eigenvalue weighted by Crippen LogP contribution is 2.21. The minimum atomic E-state index is -3.42. The van der Waals surface area contributed by atoms with Gasteiger partial charge in [-0.1, -0.05) is 18.6 Å². The Kier molecular flexibility index (Phi) is 9.31.